The van der Waals surface area contributed by atoms with E-state index in [9.17, 15) is 4.79 Å². The van der Waals surface area contributed by atoms with Gasteiger partial charge in [0.1, 0.15) is 5.60 Å². The highest BCUT2D eigenvalue weighted by Gasteiger charge is 2.26. The molecular formula is C15H22ClN3O2. The van der Waals surface area contributed by atoms with Gasteiger partial charge >= 0.3 is 6.09 Å². The minimum atomic E-state index is -0.467. The van der Waals surface area contributed by atoms with E-state index in [1.165, 1.54) is 0 Å². The van der Waals surface area contributed by atoms with Crippen LogP contribution in [-0.4, -0.2) is 42.8 Å². The number of hydrogen-bond donors (Lipinski definition) is 1. The molecule has 116 valence electrons. The van der Waals surface area contributed by atoms with Gasteiger partial charge in [0.05, 0.1) is 16.4 Å². The lowest BCUT2D eigenvalue weighted by molar-refractivity contribution is 0.0240. The molecule has 1 heterocycles. The standard InChI is InChI=1S/C15H22ClN3O2/c1-15(2,3)21-14(20)19-9-7-18(8-10-19)12-6-4-5-11(16)13(12)17/h4-6H,7-10,17H2,1-3H3. The van der Waals surface area contributed by atoms with E-state index in [1.807, 2.05) is 32.9 Å². The normalized spacial score (nSPS) is 16.0. The Labute approximate surface area is 130 Å². The van der Waals surface area contributed by atoms with E-state index in [0.29, 0.717) is 36.9 Å². The minimum Gasteiger partial charge on any atom is -0.444 e. The van der Waals surface area contributed by atoms with Gasteiger partial charge in [-0.3, -0.25) is 0 Å². The summed E-state index contributed by atoms with van der Waals surface area (Å²) in [5, 5.41) is 0.557. The molecule has 0 atom stereocenters. The maximum atomic E-state index is 12.0. The Balaban J connectivity index is 1.97. The Bertz CT molecular complexity index is 520. The predicted molar refractivity (Wildman–Crippen MR) is 85.9 cm³/mol. The molecule has 1 saturated heterocycles. The van der Waals surface area contributed by atoms with Crippen molar-refractivity contribution in [3.05, 3.63) is 23.2 Å². The van der Waals surface area contributed by atoms with Gasteiger partial charge in [0, 0.05) is 26.2 Å². The highest BCUT2D eigenvalue weighted by Crippen LogP contribution is 2.30. The lowest BCUT2D eigenvalue weighted by Crippen LogP contribution is -2.50. The highest BCUT2D eigenvalue weighted by molar-refractivity contribution is 6.33. The summed E-state index contributed by atoms with van der Waals surface area (Å²) in [5.41, 5.74) is 7.06. The Hall–Kier alpha value is -1.62. The molecular weight excluding hydrogens is 290 g/mol. The SMILES string of the molecule is CC(C)(C)OC(=O)N1CCN(c2cccc(Cl)c2N)CC1. The van der Waals surface area contributed by atoms with Crippen molar-refractivity contribution in [2.75, 3.05) is 36.8 Å². The first-order valence-corrected chi connectivity index (χ1v) is 7.42. The largest absolute Gasteiger partial charge is 0.444 e. The number of carbonyl (C=O) groups excluding carboxylic acids is 1. The van der Waals surface area contributed by atoms with Crippen molar-refractivity contribution in [3.63, 3.8) is 0 Å². The van der Waals surface area contributed by atoms with Crippen molar-refractivity contribution in [1.29, 1.82) is 0 Å². The number of hydrogen-bond acceptors (Lipinski definition) is 4. The van der Waals surface area contributed by atoms with Gasteiger partial charge in [-0.2, -0.15) is 0 Å². The van der Waals surface area contributed by atoms with Crippen molar-refractivity contribution in [2.24, 2.45) is 0 Å². The molecule has 1 aromatic rings. The van der Waals surface area contributed by atoms with Crippen molar-refractivity contribution in [3.8, 4) is 0 Å². The molecule has 1 aromatic carbocycles. The van der Waals surface area contributed by atoms with Crippen LogP contribution >= 0.6 is 11.6 Å². The number of para-hydroxylation sites is 1. The number of carbonyl (C=O) groups is 1. The summed E-state index contributed by atoms with van der Waals surface area (Å²) in [6.45, 7) is 8.25. The van der Waals surface area contributed by atoms with E-state index in [4.69, 9.17) is 22.1 Å². The first kappa shape index (κ1) is 15.8. The molecule has 0 radical (unpaired) electrons. The third-order valence-electron chi connectivity index (χ3n) is 3.30. The highest BCUT2D eigenvalue weighted by atomic mass is 35.5. The van der Waals surface area contributed by atoms with Crippen LogP contribution in [0.1, 0.15) is 20.8 Å². The molecule has 1 aliphatic heterocycles. The van der Waals surface area contributed by atoms with Crippen molar-refractivity contribution >= 4 is 29.1 Å². The van der Waals surface area contributed by atoms with Crippen LogP contribution in [0.4, 0.5) is 16.2 Å². The summed E-state index contributed by atoms with van der Waals surface area (Å²) < 4.78 is 5.38. The molecule has 5 nitrogen and oxygen atoms in total. The van der Waals surface area contributed by atoms with E-state index >= 15 is 0 Å². The zero-order valence-electron chi connectivity index (χ0n) is 12.7. The van der Waals surface area contributed by atoms with Gasteiger partial charge in [-0.1, -0.05) is 17.7 Å². The number of piperazine rings is 1. The third kappa shape index (κ3) is 3.94. The zero-order chi connectivity index (χ0) is 15.6. The maximum Gasteiger partial charge on any atom is 0.410 e. The number of nitrogens with zero attached hydrogens (tertiary/aromatic N) is 2. The van der Waals surface area contributed by atoms with Crippen LogP contribution in [0.3, 0.4) is 0 Å². The minimum absolute atomic E-state index is 0.263. The monoisotopic (exact) mass is 311 g/mol. The number of amides is 1. The second-order valence-electron chi connectivity index (χ2n) is 6.13. The van der Waals surface area contributed by atoms with Crippen molar-refractivity contribution in [1.82, 2.24) is 4.90 Å². The first-order chi connectivity index (χ1) is 9.78. The van der Waals surface area contributed by atoms with Crippen LogP contribution in [0.15, 0.2) is 18.2 Å². The van der Waals surface area contributed by atoms with Gasteiger partial charge in [-0.15, -0.1) is 0 Å². The van der Waals surface area contributed by atoms with Gasteiger partial charge < -0.3 is 20.3 Å². The van der Waals surface area contributed by atoms with E-state index in [2.05, 4.69) is 4.90 Å². The van der Waals surface area contributed by atoms with Crippen LogP contribution in [0.2, 0.25) is 5.02 Å². The summed E-state index contributed by atoms with van der Waals surface area (Å²) in [4.78, 5) is 15.9. The maximum absolute atomic E-state index is 12.0. The fraction of sp³-hybridized carbons (Fsp3) is 0.533. The molecule has 2 N–H and O–H groups in total. The lowest BCUT2D eigenvalue weighted by atomic mass is 10.2. The average molecular weight is 312 g/mol. The molecule has 2 rings (SSSR count). The molecule has 1 aliphatic rings. The molecule has 0 unspecified atom stereocenters. The number of halogens is 1. The Kier molecular flexibility index (Phi) is 4.52. The number of rotatable bonds is 1. The molecule has 0 aliphatic carbocycles. The third-order valence-corrected chi connectivity index (χ3v) is 3.63. The van der Waals surface area contributed by atoms with E-state index < -0.39 is 5.60 Å². The number of ether oxygens (including phenoxy) is 1. The summed E-state index contributed by atoms with van der Waals surface area (Å²) in [5.74, 6) is 0. The van der Waals surface area contributed by atoms with Crippen LogP contribution in [-0.2, 0) is 4.74 Å². The summed E-state index contributed by atoms with van der Waals surface area (Å²) in [6.07, 6.45) is -0.263. The van der Waals surface area contributed by atoms with E-state index in [-0.39, 0.29) is 6.09 Å². The number of anilines is 2. The number of nitrogens with two attached hydrogens (primary N) is 1. The lowest BCUT2D eigenvalue weighted by Gasteiger charge is -2.37. The number of nitrogen functional groups attached to an aromatic ring is 1. The van der Waals surface area contributed by atoms with Gasteiger partial charge in [-0.05, 0) is 32.9 Å². The summed E-state index contributed by atoms with van der Waals surface area (Å²) in [7, 11) is 0. The molecule has 1 amide bonds. The zero-order valence-corrected chi connectivity index (χ0v) is 13.5. The number of benzene rings is 1. The molecule has 6 heteroatoms. The Morgan fingerprint density at radius 2 is 1.86 bits per heavy atom. The smallest absolute Gasteiger partial charge is 0.410 e. The quantitative estimate of drug-likeness (QED) is 0.810. The molecule has 21 heavy (non-hydrogen) atoms. The molecule has 0 spiro atoms. The first-order valence-electron chi connectivity index (χ1n) is 7.05. The van der Waals surface area contributed by atoms with Crippen LogP contribution in [0.5, 0.6) is 0 Å². The fourth-order valence-corrected chi connectivity index (χ4v) is 2.43. The molecule has 0 bridgehead atoms. The molecule has 0 aromatic heterocycles. The molecule has 1 fully saturated rings. The van der Waals surface area contributed by atoms with Crippen molar-refractivity contribution < 1.29 is 9.53 Å². The fourth-order valence-electron chi connectivity index (χ4n) is 2.26. The Morgan fingerprint density at radius 3 is 2.43 bits per heavy atom. The van der Waals surface area contributed by atoms with Crippen LogP contribution in [0, 0.1) is 0 Å². The van der Waals surface area contributed by atoms with Gasteiger partial charge in [0.15, 0.2) is 0 Å². The second-order valence-corrected chi connectivity index (χ2v) is 6.53. The molecule has 0 saturated carbocycles. The van der Waals surface area contributed by atoms with Gasteiger partial charge in [0.25, 0.3) is 0 Å². The average Bonchev–Trinajstić information content (AvgIpc) is 2.40. The summed E-state index contributed by atoms with van der Waals surface area (Å²) >= 11 is 6.05. The van der Waals surface area contributed by atoms with Gasteiger partial charge in [0.2, 0.25) is 0 Å². The van der Waals surface area contributed by atoms with Crippen molar-refractivity contribution in [2.45, 2.75) is 26.4 Å². The van der Waals surface area contributed by atoms with Crippen LogP contribution in [0.25, 0.3) is 0 Å². The Morgan fingerprint density at radius 1 is 1.24 bits per heavy atom. The predicted octanol–water partition coefficient (Wildman–Crippen LogP) is 2.98. The van der Waals surface area contributed by atoms with E-state index in [0.717, 1.165) is 5.69 Å². The van der Waals surface area contributed by atoms with Gasteiger partial charge in [-0.25, -0.2) is 4.79 Å². The topological polar surface area (TPSA) is 58.8 Å². The van der Waals surface area contributed by atoms with Crippen LogP contribution < -0.4 is 10.6 Å². The summed E-state index contributed by atoms with van der Waals surface area (Å²) in [6, 6.07) is 5.61. The van der Waals surface area contributed by atoms with E-state index in [1.54, 1.807) is 11.0 Å². The second kappa shape index (κ2) is 6.02.